The number of rotatable bonds is 9. The summed E-state index contributed by atoms with van der Waals surface area (Å²) in [5.74, 6) is -0.101. The quantitative estimate of drug-likeness (QED) is 0.435. The molecule has 0 saturated carbocycles. The van der Waals surface area contributed by atoms with Gasteiger partial charge in [-0.1, -0.05) is 52.3 Å². The Hall–Kier alpha value is -3.16. The van der Waals surface area contributed by atoms with Crippen LogP contribution in [0.4, 0.5) is 5.69 Å². The van der Waals surface area contributed by atoms with Gasteiger partial charge in [0.2, 0.25) is 0 Å². The lowest BCUT2D eigenvalue weighted by atomic mass is 10.1. The smallest absolute Gasteiger partial charge is 0.259 e. The van der Waals surface area contributed by atoms with Crippen molar-refractivity contribution in [3.8, 4) is 5.75 Å². The minimum atomic E-state index is -0.337. The molecule has 0 heterocycles. The Morgan fingerprint density at radius 3 is 2.48 bits per heavy atom. The first-order valence-electron chi connectivity index (χ1n) is 9.71. The van der Waals surface area contributed by atoms with Crippen LogP contribution in [-0.4, -0.2) is 32.1 Å². The van der Waals surface area contributed by atoms with Crippen LogP contribution in [-0.2, 0) is 11.3 Å². The molecular weight excluding hydrogens is 460 g/mol. The number of methoxy groups -OCH3 is 1. The molecule has 6 nitrogen and oxygen atoms in total. The lowest BCUT2D eigenvalue weighted by Gasteiger charge is -2.13. The van der Waals surface area contributed by atoms with E-state index < -0.39 is 0 Å². The molecule has 160 valence electrons. The largest absolute Gasteiger partial charge is 0.490 e. The van der Waals surface area contributed by atoms with Crippen molar-refractivity contribution < 1.29 is 19.1 Å². The number of amides is 2. The fourth-order valence-electron chi connectivity index (χ4n) is 2.86. The molecule has 3 aromatic carbocycles. The Labute approximate surface area is 189 Å². The van der Waals surface area contributed by atoms with E-state index in [9.17, 15) is 9.59 Å². The van der Waals surface area contributed by atoms with E-state index in [1.807, 2.05) is 30.3 Å². The highest BCUT2D eigenvalue weighted by atomic mass is 79.9. The molecule has 0 aliphatic rings. The third-order valence-corrected chi connectivity index (χ3v) is 4.90. The van der Waals surface area contributed by atoms with Crippen LogP contribution < -0.4 is 15.4 Å². The lowest BCUT2D eigenvalue weighted by Crippen LogP contribution is -2.23. The van der Waals surface area contributed by atoms with Crippen molar-refractivity contribution in [1.82, 2.24) is 5.32 Å². The van der Waals surface area contributed by atoms with Crippen molar-refractivity contribution in [2.75, 3.05) is 25.6 Å². The van der Waals surface area contributed by atoms with Gasteiger partial charge >= 0.3 is 0 Å². The number of benzene rings is 3. The summed E-state index contributed by atoms with van der Waals surface area (Å²) in [4.78, 5) is 25.4. The second kappa shape index (κ2) is 11.3. The summed E-state index contributed by atoms with van der Waals surface area (Å²) in [5.41, 5.74) is 2.36. The minimum absolute atomic E-state index is 0.217. The van der Waals surface area contributed by atoms with Crippen LogP contribution in [0.2, 0.25) is 0 Å². The molecule has 3 rings (SSSR count). The average Bonchev–Trinajstić information content (AvgIpc) is 2.79. The van der Waals surface area contributed by atoms with Crippen LogP contribution in [0, 0.1) is 0 Å². The Balaban J connectivity index is 1.68. The third-order valence-electron chi connectivity index (χ3n) is 4.41. The molecule has 0 unspecified atom stereocenters. The molecule has 0 radical (unpaired) electrons. The van der Waals surface area contributed by atoms with Gasteiger partial charge in [0.05, 0.1) is 12.2 Å². The SMILES string of the molecule is COCCOc1ccc(Br)cc1C(=O)Nc1cccc(C(=O)NCc2ccccc2)c1. The van der Waals surface area contributed by atoms with Gasteiger partial charge in [-0.2, -0.15) is 0 Å². The molecule has 7 heteroatoms. The maximum atomic E-state index is 12.9. The number of hydrogen-bond acceptors (Lipinski definition) is 4. The highest BCUT2D eigenvalue weighted by Crippen LogP contribution is 2.24. The van der Waals surface area contributed by atoms with E-state index >= 15 is 0 Å². The zero-order valence-electron chi connectivity index (χ0n) is 17.1. The Morgan fingerprint density at radius 2 is 1.71 bits per heavy atom. The molecule has 31 heavy (non-hydrogen) atoms. The van der Waals surface area contributed by atoms with Crippen molar-refractivity contribution in [3.05, 3.63) is 94.0 Å². The van der Waals surface area contributed by atoms with Crippen LogP contribution in [0.5, 0.6) is 5.75 Å². The highest BCUT2D eigenvalue weighted by Gasteiger charge is 2.15. The predicted molar refractivity (Wildman–Crippen MR) is 124 cm³/mol. The molecule has 2 amide bonds. The minimum Gasteiger partial charge on any atom is -0.490 e. The van der Waals surface area contributed by atoms with Gasteiger partial charge < -0.3 is 20.1 Å². The summed E-state index contributed by atoms with van der Waals surface area (Å²) >= 11 is 3.39. The molecule has 0 atom stereocenters. The van der Waals surface area contributed by atoms with Crippen LogP contribution in [0.1, 0.15) is 26.3 Å². The number of anilines is 1. The van der Waals surface area contributed by atoms with Crippen LogP contribution in [0.15, 0.2) is 77.3 Å². The Kier molecular flexibility index (Phi) is 8.20. The van der Waals surface area contributed by atoms with Gasteiger partial charge in [-0.15, -0.1) is 0 Å². The average molecular weight is 483 g/mol. The van der Waals surface area contributed by atoms with Crippen LogP contribution >= 0.6 is 15.9 Å². The van der Waals surface area contributed by atoms with E-state index in [0.29, 0.717) is 42.3 Å². The summed E-state index contributed by atoms with van der Waals surface area (Å²) < 4.78 is 11.4. The second-order valence-corrected chi connectivity index (χ2v) is 7.60. The molecule has 0 bridgehead atoms. The highest BCUT2D eigenvalue weighted by molar-refractivity contribution is 9.10. The third kappa shape index (κ3) is 6.67. The van der Waals surface area contributed by atoms with Crippen molar-refractivity contribution in [3.63, 3.8) is 0 Å². The second-order valence-electron chi connectivity index (χ2n) is 6.68. The van der Waals surface area contributed by atoms with E-state index in [1.54, 1.807) is 49.6 Å². The normalized spacial score (nSPS) is 10.4. The molecule has 0 spiro atoms. The first kappa shape index (κ1) is 22.5. The number of nitrogens with one attached hydrogen (secondary N) is 2. The number of halogens is 1. The summed E-state index contributed by atoms with van der Waals surface area (Å²) in [6.07, 6.45) is 0. The predicted octanol–water partition coefficient (Wildman–Crippen LogP) is 4.66. The summed E-state index contributed by atoms with van der Waals surface area (Å²) in [6.45, 7) is 1.17. The Morgan fingerprint density at radius 1 is 0.903 bits per heavy atom. The Bertz CT molecular complexity index is 1040. The van der Waals surface area contributed by atoms with Gasteiger partial charge in [0.1, 0.15) is 12.4 Å². The first-order valence-corrected chi connectivity index (χ1v) is 10.5. The molecule has 0 aliphatic heterocycles. The standard InChI is InChI=1S/C24H23BrN2O4/c1-30-12-13-31-22-11-10-19(25)15-21(22)24(29)27-20-9-5-8-18(14-20)23(28)26-16-17-6-3-2-4-7-17/h2-11,14-15H,12-13,16H2,1H3,(H,26,28)(H,27,29). The maximum absolute atomic E-state index is 12.9. The van der Waals surface area contributed by atoms with Gasteiger partial charge in [0.25, 0.3) is 11.8 Å². The zero-order chi connectivity index (χ0) is 22.1. The van der Waals surface area contributed by atoms with Gasteiger partial charge in [0, 0.05) is 29.4 Å². The number of ether oxygens (including phenoxy) is 2. The topological polar surface area (TPSA) is 76.7 Å². The number of carbonyl (C=O) groups is 2. The molecule has 0 fully saturated rings. The van der Waals surface area contributed by atoms with Gasteiger partial charge in [-0.25, -0.2) is 0 Å². The van der Waals surface area contributed by atoms with Gasteiger partial charge in [-0.05, 0) is 42.0 Å². The van der Waals surface area contributed by atoms with E-state index in [4.69, 9.17) is 9.47 Å². The van der Waals surface area contributed by atoms with Crippen LogP contribution in [0.3, 0.4) is 0 Å². The summed E-state index contributed by atoms with van der Waals surface area (Å²) in [7, 11) is 1.58. The summed E-state index contributed by atoms with van der Waals surface area (Å²) in [5, 5.41) is 5.72. The lowest BCUT2D eigenvalue weighted by molar-refractivity contribution is 0.0949. The van der Waals surface area contributed by atoms with E-state index in [2.05, 4.69) is 26.6 Å². The molecule has 3 aromatic rings. The monoisotopic (exact) mass is 482 g/mol. The zero-order valence-corrected chi connectivity index (χ0v) is 18.6. The fraction of sp³-hybridized carbons (Fsp3) is 0.167. The number of carbonyl (C=O) groups excluding carboxylic acids is 2. The first-order chi connectivity index (χ1) is 15.1. The van der Waals surface area contributed by atoms with Crippen molar-refractivity contribution in [2.45, 2.75) is 6.54 Å². The van der Waals surface area contributed by atoms with Crippen molar-refractivity contribution in [2.24, 2.45) is 0 Å². The van der Waals surface area contributed by atoms with Crippen molar-refractivity contribution >= 4 is 33.4 Å². The van der Waals surface area contributed by atoms with E-state index in [1.165, 1.54) is 0 Å². The van der Waals surface area contributed by atoms with Crippen LogP contribution in [0.25, 0.3) is 0 Å². The maximum Gasteiger partial charge on any atom is 0.259 e. The molecule has 2 N–H and O–H groups in total. The van der Waals surface area contributed by atoms with Gasteiger partial charge in [-0.3, -0.25) is 9.59 Å². The number of hydrogen-bond donors (Lipinski definition) is 2. The molecule has 0 aliphatic carbocycles. The summed E-state index contributed by atoms with van der Waals surface area (Å²) in [6, 6.07) is 21.7. The molecule has 0 aromatic heterocycles. The molecular formula is C24H23BrN2O4. The molecule has 0 saturated heterocycles. The van der Waals surface area contributed by atoms with Crippen molar-refractivity contribution in [1.29, 1.82) is 0 Å². The fourth-order valence-corrected chi connectivity index (χ4v) is 3.22. The van der Waals surface area contributed by atoms with Gasteiger partial charge in [0.15, 0.2) is 0 Å². The van der Waals surface area contributed by atoms with E-state index in [0.717, 1.165) is 10.0 Å². The van der Waals surface area contributed by atoms with E-state index in [-0.39, 0.29) is 11.8 Å².